The Balaban J connectivity index is 1.38. The highest BCUT2D eigenvalue weighted by Crippen LogP contribution is 2.70. The number of carbonyl (C=O) groups excluding carboxylic acids is 3. The van der Waals surface area contributed by atoms with Crippen LogP contribution in [-0.2, 0) is 28.6 Å². The lowest BCUT2D eigenvalue weighted by atomic mass is 9.44. The van der Waals surface area contributed by atoms with Crippen molar-refractivity contribution in [2.24, 2.45) is 40.4 Å². The number of carbonyl (C=O) groups is 3. The quantitative estimate of drug-likeness (QED) is 0.332. The van der Waals surface area contributed by atoms with Crippen molar-refractivity contribution in [1.29, 1.82) is 0 Å². The average Bonchev–Trinajstić information content (AvgIpc) is 3.17. The topological polar surface area (TPSA) is 78.9 Å². The molecule has 0 bridgehead atoms. The van der Waals surface area contributed by atoms with Crippen LogP contribution in [0.2, 0.25) is 0 Å². The lowest BCUT2D eigenvalue weighted by Crippen LogP contribution is -2.56. The zero-order chi connectivity index (χ0) is 23.8. The van der Waals surface area contributed by atoms with Crippen molar-refractivity contribution >= 4 is 29.5 Å². The molecule has 5 aliphatic rings. The Hall–Kier alpha value is -1.30. The Morgan fingerprint density at radius 2 is 1.73 bits per heavy atom. The van der Waals surface area contributed by atoms with Crippen LogP contribution < -0.4 is 0 Å². The van der Waals surface area contributed by atoms with Crippen LogP contribution in [0.3, 0.4) is 0 Å². The van der Waals surface area contributed by atoms with Gasteiger partial charge in [0.05, 0.1) is 0 Å². The van der Waals surface area contributed by atoms with E-state index < -0.39 is 16.8 Å². The highest BCUT2D eigenvalue weighted by atomic mass is 35.5. The van der Waals surface area contributed by atoms with Crippen molar-refractivity contribution in [3.8, 4) is 0 Å². The van der Waals surface area contributed by atoms with Crippen molar-refractivity contribution in [2.75, 3.05) is 6.61 Å². The summed E-state index contributed by atoms with van der Waals surface area (Å²) in [5.74, 6) is 1.13. The first kappa shape index (κ1) is 23.4. The Kier molecular flexibility index (Phi) is 5.58. The molecule has 0 radical (unpaired) electrons. The molecular formula is C26H37ClO6. The van der Waals surface area contributed by atoms with Gasteiger partial charge < -0.3 is 14.2 Å². The standard InChI is InChI=1S/C26H37ClO6/c1-14(28)31-13-26(27)22-21(33-23(26)30)12-20-18-6-5-16-11-17(32-15(2)29)7-9-24(16,3)19(18)8-10-25(20,22)4/h16-22H,5-13H2,1-4H3/t16-,17+,18-,19+,20+,21+,22+,24+,25+,26+/m1/s1. The molecule has 1 saturated heterocycles. The number of hydrogen-bond acceptors (Lipinski definition) is 6. The summed E-state index contributed by atoms with van der Waals surface area (Å²) in [6, 6.07) is 0. The van der Waals surface area contributed by atoms with Gasteiger partial charge in [0.2, 0.25) is 0 Å². The Bertz CT molecular complexity index is 860. The van der Waals surface area contributed by atoms with Crippen LogP contribution in [0.5, 0.6) is 0 Å². The maximum absolute atomic E-state index is 12.8. The van der Waals surface area contributed by atoms with Crippen LogP contribution in [0, 0.1) is 40.4 Å². The van der Waals surface area contributed by atoms with E-state index in [0.29, 0.717) is 23.7 Å². The summed E-state index contributed by atoms with van der Waals surface area (Å²) < 4.78 is 16.7. The minimum absolute atomic E-state index is 0.0642. The minimum atomic E-state index is -1.28. The van der Waals surface area contributed by atoms with E-state index in [1.165, 1.54) is 20.3 Å². The summed E-state index contributed by atoms with van der Waals surface area (Å²) in [7, 11) is 0. The molecule has 4 saturated carbocycles. The van der Waals surface area contributed by atoms with Gasteiger partial charge in [0, 0.05) is 19.8 Å². The van der Waals surface area contributed by atoms with Crippen LogP contribution >= 0.6 is 11.6 Å². The second kappa shape index (κ2) is 7.86. The van der Waals surface area contributed by atoms with Gasteiger partial charge in [-0.05, 0) is 85.9 Å². The molecule has 0 unspecified atom stereocenters. The maximum Gasteiger partial charge on any atom is 0.331 e. The number of ether oxygens (including phenoxy) is 3. The van der Waals surface area contributed by atoms with E-state index in [9.17, 15) is 14.4 Å². The van der Waals surface area contributed by atoms with E-state index in [1.807, 2.05) is 0 Å². The minimum Gasteiger partial charge on any atom is -0.463 e. The van der Waals surface area contributed by atoms with Crippen LogP contribution in [0.15, 0.2) is 0 Å². The predicted octanol–water partition coefficient (Wildman–Crippen LogP) is 4.65. The fraction of sp³-hybridized carbons (Fsp3) is 0.885. The van der Waals surface area contributed by atoms with Gasteiger partial charge in [-0.2, -0.15) is 0 Å². The second-order valence-corrected chi connectivity index (χ2v) is 12.7. The van der Waals surface area contributed by atoms with Crippen LogP contribution in [0.25, 0.3) is 0 Å². The van der Waals surface area contributed by atoms with E-state index in [-0.39, 0.29) is 41.5 Å². The first-order valence-corrected chi connectivity index (χ1v) is 13.1. The van der Waals surface area contributed by atoms with E-state index in [1.54, 1.807) is 0 Å². The summed E-state index contributed by atoms with van der Waals surface area (Å²) in [6.45, 7) is 7.52. The molecule has 0 N–H and O–H groups in total. The molecule has 184 valence electrons. The average molecular weight is 481 g/mol. The molecule has 5 rings (SSSR count). The zero-order valence-corrected chi connectivity index (χ0v) is 21.0. The Morgan fingerprint density at radius 1 is 1.00 bits per heavy atom. The molecule has 0 aromatic heterocycles. The third kappa shape index (κ3) is 3.44. The van der Waals surface area contributed by atoms with E-state index in [0.717, 1.165) is 44.9 Å². The molecular weight excluding hydrogens is 444 g/mol. The number of alkyl halides is 1. The van der Waals surface area contributed by atoms with Gasteiger partial charge in [-0.25, -0.2) is 4.79 Å². The van der Waals surface area contributed by atoms with E-state index in [4.69, 9.17) is 25.8 Å². The predicted molar refractivity (Wildman–Crippen MR) is 121 cm³/mol. The van der Waals surface area contributed by atoms with Gasteiger partial charge >= 0.3 is 17.9 Å². The molecule has 0 amide bonds. The summed E-state index contributed by atoms with van der Waals surface area (Å²) in [5, 5.41) is 0. The molecule has 5 fully saturated rings. The number of rotatable bonds is 3. The van der Waals surface area contributed by atoms with Crippen LogP contribution in [0.4, 0.5) is 0 Å². The monoisotopic (exact) mass is 480 g/mol. The first-order valence-electron chi connectivity index (χ1n) is 12.7. The third-order valence-corrected chi connectivity index (χ3v) is 11.0. The number of fused-ring (bicyclic) bond motifs is 7. The molecule has 33 heavy (non-hydrogen) atoms. The van der Waals surface area contributed by atoms with Crippen molar-refractivity contribution in [3.05, 3.63) is 0 Å². The summed E-state index contributed by atoms with van der Waals surface area (Å²) >= 11 is 6.95. The highest BCUT2D eigenvalue weighted by molar-refractivity contribution is 6.35. The molecule has 10 atom stereocenters. The van der Waals surface area contributed by atoms with E-state index in [2.05, 4.69) is 13.8 Å². The molecule has 0 spiro atoms. The van der Waals surface area contributed by atoms with Crippen LogP contribution in [0.1, 0.15) is 79.1 Å². The van der Waals surface area contributed by atoms with Gasteiger partial charge in [0.15, 0.2) is 4.87 Å². The van der Waals surface area contributed by atoms with Crippen LogP contribution in [-0.4, -0.2) is 41.6 Å². The molecule has 4 aliphatic carbocycles. The van der Waals surface area contributed by atoms with Gasteiger partial charge in [-0.3, -0.25) is 9.59 Å². The molecule has 0 aromatic carbocycles. The van der Waals surface area contributed by atoms with E-state index >= 15 is 0 Å². The first-order chi connectivity index (χ1) is 15.5. The normalized spacial score (nSPS) is 50.3. The Morgan fingerprint density at radius 3 is 2.42 bits per heavy atom. The number of hydrogen-bond donors (Lipinski definition) is 0. The van der Waals surface area contributed by atoms with Crippen molar-refractivity contribution in [2.45, 2.75) is 96.1 Å². The zero-order valence-electron chi connectivity index (χ0n) is 20.2. The largest absolute Gasteiger partial charge is 0.463 e. The molecule has 1 aliphatic heterocycles. The fourth-order valence-corrected chi connectivity index (χ4v) is 9.69. The second-order valence-electron chi connectivity index (χ2n) is 12.0. The van der Waals surface area contributed by atoms with Crippen molar-refractivity contribution < 1.29 is 28.6 Å². The molecule has 6 nitrogen and oxygen atoms in total. The maximum atomic E-state index is 12.8. The van der Waals surface area contributed by atoms with Crippen molar-refractivity contribution in [1.82, 2.24) is 0 Å². The van der Waals surface area contributed by atoms with Gasteiger partial charge in [-0.1, -0.05) is 13.8 Å². The lowest BCUT2D eigenvalue weighted by molar-refractivity contribution is -0.161. The van der Waals surface area contributed by atoms with Gasteiger partial charge in [0.1, 0.15) is 18.8 Å². The SMILES string of the molecule is CC(=O)OC[C@@]1(Cl)C(=O)O[C@H]2C[C@H]3[C@@H]4CC[C@@H]5C[C@@H](OC(C)=O)CC[C@]5(C)[C@H]4CC[C@]3(C)[C@H]21. The fourth-order valence-electron chi connectivity index (χ4n) is 9.20. The summed E-state index contributed by atoms with van der Waals surface area (Å²) in [4.78, 5) is 34.5. The number of halogens is 1. The molecule has 7 heteroatoms. The third-order valence-electron chi connectivity index (χ3n) is 10.5. The number of esters is 3. The summed E-state index contributed by atoms with van der Waals surface area (Å²) in [6.07, 6.45) is 8.25. The molecule has 1 heterocycles. The highest BCUT2D eigenvalue weighted by Gasteiger charge is 2.72. The molecule has 0 aromatic rings. The van der Waals surface area contributed by atoms with Gasteiger partial charge in [0.25, 0.3) is 0 Å². The Labute approximate surface area is 201 Å². The van der Waals surface area contributed by atoms with Gasteiger partial charge in [-0.15, -0.1) is 11.6 Å². The smallest absolute Gasteiger partial charge is 0.331 e. The van der Waals surface area contributed by atoms with Crippen molar-refractivity contribution in [3.63, 3.8) is 0 Å². The summed E-state index contributed by atoms with van der Waals surface area (Å²) in [5.41, 5.74) is 0.170. The lowest BCUT2D eigenvalue weighted by Gasteiger charge is -2.61.